The average molecular weight is 508 g/mol. The second-order valence-electron chi connectivity index (χ2n) is 10.4. The number of nitrogens with zero attached hydrogens (tertiary/aromatic N) is 6. The van der Waals surface area contributed by atoms with E-state index in [1.165, 1.54) is 12.8 Å². The summed E-state index contributed by atoms with van der Waals surface area (Å²) in [6.07, 6.45) is 8.30. The van der Waals surface area contributed by atoms with Crippen LogP contribution in [0.5, 0.6) is 11.5 Å². The quantitative estimate of drug-likeness (QED) is 0.403. The van der Waals surface area contributed by atoms with Crippen molar-refractivity contribution in [3.63, 3.8) is 0 Å². The SMILES string of the molecule is CN1CCN([C@H]2CC[C@H](n3cc(-c4ccc(Oc5ccccc5)c(C#N)c4)c4c(N)ncnc43)CC2)CC1. The van der Waals surface area contributed by atoms with Crippen LogP contribution in [-0.4, -0.2) is 63.6 Å². The molecule has 4 aromatic rings. The zero-order valence-electron chi connectivity index (χ0n) is 21.8. The van der Waals surface area contributed by atoms with Crippen molar-refractivity contribution in [1.29, 1.82) is 5.26 Å². The zero-order valence-corrected chi connectivity index (χ0v) is 21.8. The number of hydrogen-bond acceptors (Lipinski definition) is 7. The molecule has 1 aliphatic carbocycles. The minimum absolute atomic E-state index is 0.361. The van der Waals surface area contributed by atoms with Crippen molar-refractivity contribution in [3.05, 3.63) is 66.6 Å². The van der Waals surface area contributed by atoms with E-state index in [4.69, 9.17) is 10.5 Å². The molecule has 38 heavy (non-hydrogen) atoms. The lowest BCUT2D eigenvalue weighted by molar-refractivity contribution is 0.0828. The van der Waals surface area contributed by atoms with Gasteiger partial charge >= 0.3 is 0 Å². The highest BCUT2D eigenvalue weighted by atomic mass is 16.5. The fourth-order valence-electron chi connectivity index (χ4n) is 5.98. The molecule has 6 rings (SSSR count). The number of aromatic nitrogens is 3. The highest BCUT2D eigenvalue weighted by molar-refractivity contribution is 6.01. The normalized spacial score (nSPS) is 20.8. The van der Waals surface area contributed by atoms with Crippen molar-refractivity contribution in [2.45, 2.75) is 37.8 Å². The maximum absolute atomic E-state index is 9.90. The molecule has 3 heterocycles. The number of anilines is 1. The second-order valence-corrected chi connectivity index (χ2v) is 10.4. The summed E-state index contributed by atoms with van der Waals surface area (Å²) < 4.78 is 8.28. The van der Waals surface area contributed by atoms with Crippen LogP contribution in [0.1, 0.15) is 37.3 Å². The lowest BCUT2D eigenvalue weighted by Gasteiger charge is -2.41. The lowest BCUT2D eigenvalue weighted by atomic mass is 9.89. The molecule has 1 saturated carbocycles. The summed E-state index contributed by atoms with van der Waals surface area (Å²) in [6.45, 7) is 4.64. The summed E-state index contributed by atoms with van der Waals surface area (Å²) in [4.78, 5) is 14.1. The van der Waals surface area contributed by atoms with Gasteiger partial charge in [0.2, 0.25) is 0 Å². The van der Waals surface area contributed by atoms with Crippen molar-refractivity contribution in [3.8, 4) is 28.7 Å². The first-order valence-corrected chi connectivity index (χ1v) is 13.4. The molecule has 1 saturated heterocycles. The Morgan fingerprint density at radius 1 is 0.947 bits per heavy atom. The Kier molecular flexibility index (Phi) is 6.71. The molecule has 0 unspecified atom stereocenters. The average Bonchev–Trinajstić information content (AvgIpc) is 3.35. The Balaban J connectivity index is 1.29. The summed E-state index contributed by atoms with van der Waals surface area (Å²) in [5.41, 5.74) is 9.58. The van der Waals surface area contributed by atoms with Crippen LogP contribution in [0, 0.1) is 11.3 Å². The second kappa shape index (κ2) is 10.4. The summed E-state index contributed by atoms with van der Waals surface area (Å²) >= 11 is 0. The number of nitriles is 1. The Hall–Kier alpha value is -3.93. The predicted octanol–water partition coefficient (Wildman–Crippen LogP) is 5.08. The molecular weight excluding hydrogens is 474 g/mol. The number of fused-ring (bicyclic) bond motifs is 1. The molecule has 0 bridgehead atoms. The summed E-state index contributed by atoms with van der Waals surface area (Å²) in [5.74, 6) is 1.67. The van der Waals surface area contributed by atoms with E-state index in [2.05, 4.69) is 43.6 Å². The van der Waals surface area contributed by atoms with Crippen LogP contribution in [-0.2, 0) is 0 Å². The highest BCUT2D eigenvalue weighted by Crippen LogP contribution is 2.40. The number of para-hydroxylation sites is 1. The maximum atomic E-state index is 9.90. The van der Waals surface area contributed by atoms with E-state index < -0.39 is 0 Å². The summed E-state index contributed by atoms with van der Waals surface area (Å²) in [7, 11) is 2.21. The van der Waals surface area contributed by atoms with Gasteiger partial charge in [0.25, 0.3) is 0 Å². The number of nitrogens with two attached hydrogens (primary N) is 1. The minimum atomic E-state index is 0.361. The van der Waals surface area contributed by atoms with Crippen molar-refractivity contribution in [2.24, 2.45) is 0 Å². The molecule has 194 valence electrons. The first kappa shape index (κ1) is 24.4. The van der Waals surface area contributed by atoms with Crippen molar-refractivity contribution < 1.29 is 4.74 Å². The Labute approximate surface area is 223 Å². The molecule has 2 aromatic heterocycles. The predicted molar refractivity (Wildman–Crippen MR) is 149 cm³/mol. The molecule has 2 aliphatic rings. The molecule has 2 fully saturated rings. The van der Waals surface area contributed by atoms with Crippen molar-refractivity contribution in [2.75, 3.05) is 39.0 Å². The van der Waals surface area contributed by atoms with E-state index in [-0.39, 0.29) is 0 Å². The molecule has 2 N–H and O–H groups in total. The number of nitrogen functional groups attached to an aromatic ring is 1. The molecule has 0 amide bonds. The van der Waals surface area contributed by atoms with Gasteiger partial charge in [0.15, 0.2) is 0 Å². The van der Waals surface area contributed by atoms with E-state index in [1.807, 2.05) is 48.5 Å². The van der Waals surface area contributed by atoms with Crippen LogP contribution < -0.4 is 10.5 Å². The Morgan fingerprint density at radius 3 is 2.42 bits per heavy atom. The molecule has 8 nitrogen and oxygen atoms in total. The van der Waals surface area contributed by atoms with Crippen LogP contribution in [0.3, 0.4) is 0 Å². The monoisotopic (exact) mass is 507 g/mol. The van der Waals surface area contributed by atoms with Gasteiger partial charge in [0, 0.05) is 50.0 Å². The summed E-state index contributed by atoms with van der Waals surface area (Å²) in [5, 5.41) is 10.7. The molecular formula is C30H33N7O. The van der Waals surface area contributed by atoms with Crippen LogP contribution in [0.25, 0.3) is 22.2 Å². The number of rotatable bonds is 5. The molecule has 0 radical (unpaired) electrons. The smallest absolute Gasteiger partial charge is 0.146 e. The van der Waals surface area contributed by atoms with Gasteiger partial charge < -0.3 is 19.9 Å². The number of ether oxygens (including phenoxy) is 1. The van der Waals surface area contributed by atoms with Crippen LogP contribution >= 0.6 is 0 Å². The Bertz CT molecular complexity index is 1460. The zero-order chi connectivity index (χ0) is 26.1. The van der Waals surface area contributed by atoms with E-state index in [1.54, 1.807) is 6.33 Å². The van der Waals surface area contributed by atoms with Gasteiger partial charge in [-0.1, -0.05) is 24.3 Å². The number of likely N-dealkylation sites (N-methyl/N-ethyl adjacent to an activating group) is 1. The highest BCUT2D eigenvalue weighted by Gasteiger charge is 2.30. The molecule has 2 aromatic carbocycles. The molecule has 1 aliphatic heterocycles. The lowest BCUT2D eigenvalue weighted by Crippen LogP contribution is -2.49. The fraction of sp³-hybridized carbons (Fsp3) is 0.367. The van der Waals surface area contributed by atoms with E-state index in [0.717, 1.165) is 61.2 Å². The van der Waals surface area contributed by atoms with Gasteiger partial charge in [0.05, 0.1) is 10.9 Å². The third-order valence-electron chi connectivity index (χ3n) is 8.13. The van der Waals surface area contributed by atoms with Gasteiger partial charge in [-0.05, 0) is 62.6 Å². The standard InChI is InChI=1S/C30H33N7O/c1-35-13-15-36(16-14-35)23-8-10-24(11-9-23)37-19-26(28-29(32)33-20-34-30(28)37)21-7-12-27(22(17-21)18-31)38-25-5-3-2-4-6-25/h2-7,12,17,19-20,23-24H,8-11,13-16H2,1H3,(H2,32,33,34)/t23-,24-. The summed E-state index contributed by atoms with van der Waals surface area (Å²) in [6, 6.07) is 18.5. The van der Waals surface area contributed by atoms with Gasteiger partial charge in [-0.15, -0.1) is 0 Å². The minimum Gasteiger partial charge on any atom is -0.456 e. The number of benzene rings is 2. The van der Waals surface area contributed by atoms with Crippen molar-refractivity contribution >= 4 is 16.9 Å². The largest absolute Gasteiger partial charge is 0.456 e. The van der Waals surface area contributed by atoms with Crippen LogP contribution in [0.15, 0.2) is 61.1 Å². The van der Waals surface area contributed by atoms with E-state index >= 15 is 0 Å². The van der Waals surface area contributed by atoms with E-state index in [9.17, 15) is 5.26 Å². The van der Waals surface area contributed by atoms with Gasteiger partial charge in [0.1, 0.15) is 35.4 Å². The number of piperazine rings is 1. The first-order valence-electron chi connectivity index (χ1n) is 13.4. The molecule has 8 heteroatoms. The molecule has 0 spiro atoms. The van der Waals surface area contributed by atoms with Crippen LogP contribution in [0.2, 0.25) is 0 Å². The first-order chi connectivity index (χ1) is 18.6. The topological polar surface area (TPSA) is 96.2 Å². The van der Waals surface area contributed by atoms with Gasteiger partial charge in [-0.3, -0.25) is 4.90 Å². The third kappa shape index (κ3) is 4.71. The molecule has 0 atom stereocenters. The van der Waals surface area contributed by atoms with E-state index in [0.29, 0.717) is 35.0 Å². The fourth-order valence-corrected chi connectivity index (χ4v) is 5.98. The van der Waals surface area contributed by atoms with Crippen molar-refractivity contribution in [1.82, 2.24) is 24.3 Å². The Morgan fingerprint density at radius 2 is 1.68 bits per heavy atom. The van der Waals surface area contributed by atoms with Gasteiger partial charge in [-0.2, -0.15) is 5.26 Å². The maximum Gasteiger partial charge on any atom is 0.146 e. The number of hydrogen-bond donors (Lipinski definition) is 1. The third-order valence-corrected chi connectivity index (χ3v) is 8.13. The van der Waals surface area contributed by atoms with Gasteiger partial charge in [-0.25, -0.2) is 9.97 Å². The van der Waals surface area contributed by atoms with Crippen LogP contribution in [0.4, 0.5) is 5.82 Å².